The van der Waals surface area contributed by atoms with Crippen LogP contribution in [0.25, 0.3) is 0 Å². The molecule has 1 aromatic carbocycles. The Morgan fingerprint density at radius 2 is 1.78 bits per heavy atom. The average molecular weight is 320 g/mol. The molecule has 0 aliphatic rings. The first-order valence-corrected chi connectivity index (χ1v) is 8.50. The van der Waals surface area contributed by atoms with Crippen molar-refractivity contribution >= 4 is 6.09 Å². The van der Waals surface area contributed by atoms with Crippen LogP contribution >= 0.6 is 0 Å². The Bertz CT molecular complexity index is 466. The zero-order chi connectivity index (χ0) is 17.5. The molecule has 0 radical (unpaired) electrons. The summed E-state index contributed by atoms with van der Waals surface area (Å²) in [7, 11) is 0. The van der Waals surface area contributed by atoms with E-state index in [4.69, 9.17) is 4.74 Å². The van der Waals surface area contributed by atoms with Crippen LogP contribution in [0.5, 0.6) is 0 Å². The van der Waals surface area contributed by atoms with Gasteiger partial charge in [-0.05, 0) is 38.7 Å². The smallest absolute Gasteiger partial charge is 0.408 e. The molecule has 2 N–H and O–H groups in total. The van der Waals surface area contributed by atoms with Gasteiger partial charge in [-0.2, -0.15) is 0 Å². The van der Waals surface area contributed by atoms with Gasteiger partial charge in [0.15, 0.2) is 0 Å². The third kappa shape index (κ3) is 7.51. The summed E-state index contributed by atoms with van der Waals surface area (Å²) in [6.07, 6.45) is 0.678. The molecule has 1 amide bonds. The van der Waals surface area contributed by atoms with Gasteiger partial charge in [-0.25, -0.2) is 4.79 Å². The molecule has 0 aromatic heterocycles. The summed E-state index contributed by atoms with van der Waals surface area (Å²) in [5.41, 5.74) is 0.576. The van der Waals surface area contributed by atoms with E-state index in [0.29, 0.717) is 18.5 Å². The van der Waals surface area contributed by atoms with Crippen molar-refractivity contribution < 1.29 is 9.53 Å². The molecule has 1 rings (SSSR count). The molecule has 2 unspecified atom stereocenters. The Hall–Kier alpha value is -1.55. The van der Waals surface area contributed by atoms with Gasteiger partial charge in [0.2, 0.25) is 0 Å². The van der Waals surface area contributed by atoms with Gasteiger partial charge in [0, 0.05) is 12.6 Å². The quantitative estimate of drug-likeness (QED) is 0.788. The minimum atomic E-state index is -0.497. The monoisotopic (exact) mass is 320 g/mol. The molecule has 0 fully saturated rings. The van der Waals surface area contributed by atoms with Crippen molar-refractivity contribution in [3.63, 3.8) is 0 Å². The van der Waals surface area contributed by atoms with E-state index in [1.807, 2.05) is 51.1 Å². The van der Waals surface area contributed by atoms with Gasteiger partial charge in [0.05, 0.1) is 6.04 Å². The van der Waals surface area contributed by atoms with Crippen LogP contribution in [0, 0.1) is 5.92 Å². The number of benzene rings is 1. The van der Waals surface area contributed by atoms with Crippen LogP contribution in [0.4, 0.5) is 4.79 Å². The largest absolute Gasteiger partial charge is 0.444 e. The minimum Gasteiger partial charge on any atom is -0.444 e. The number of ether oxygens (including phenoxy) is 1. The summed E-state index contributed by atoms with van der Waals surface area (Å²) in [5.74, 6) is 0.554. The second-order valence-corrected chi connectivity index (χ2v) is 7.28. The summed E-state index contributed by atoms with van der Waals surface area (Å²) in [5, 5.41) is 6.55. The number of nitrogens with one attached hydrogen (secondary N) is 2. The Balaban J connectivity index is 2.76. The Morgan fingerprint density at radius 1 is 1.17 bits per heavy atom. The van der Waals surface area contributed by atoms with Crippen LogP contribution in [-0.4, -0.2) is 24.3 Å². The van der Waals surface area contributed by atoms with Gasteiger partial charge in [0.25, 0.3) is 0 Å². The fourth-order valence-corrected chi connectivity index (χ4v) is 2.51. The molecule has 1 aromatic rings. The van der Waals surface area contributed by atoms with Crippen LogP contribution < -0.4 is 10.6 Å². The summed E-state index contributed by atoms with van der Waals surface area (Å²) in [6, 6.07) is 10.3. The van der Waals surface area contributed by atoms with E-state index in [1.165, 1.54) is 0 Å². The van der Waals surface area contributed by atoms with Crippen molar-refractivity contribution in [3.8, 4) is 0 Å². The van der Waals surface area contributed by atoms with Crippen LogP contribution in [0.2, 0.25) is 0 Å². The molecule has 0 saturated heterocycles. The van der Waals surface area contributed by atoms with E-state index < -0.39 is 5.60 Å². The highest BCUT2D eigenvalue weighted by Gasteiger charge is 2.21. The molecule has 0 bridgehead atoms. The number of carbonyl (C=O) groups excluding carboxylic acids is 1. The second-order valence-electron chi connectivity index (χ2n) is 7.28. The summed E-state index contributed by atoms with van der Waals surface area (Å²) in [6.45, 7) is 12.9. The fourth-order valence-electron chi connectivity index (χ4n) is 2.51. The van der Waals surface area contributed by atoms with Crippen molar-refractivity contribution in [2.45, 2.75) is 65.6 Å². The molecule has 0 spiro atoms. The van der Waals surface area contributed by atoms with Crippen molar-refractivity contribution in [2.24, 2.45) is 5.92 Å². The number of hydrogen-bond donors (Lipinski definition) is 2. The van der Waals surface area contributed by atoms with Gasteiger partial charge in [-0.3, -0.25) is 0 Å². The van der Waals surface area contributed by atoms with Crippen LogP contribution in [-0.2, 0) is 4.74 Å². The maximum Gasteiger partial charge on any atom is 0.408 e. The zero-order valence-electron chi connectivity index (χ0n) is 15.3. The lowest BCUT2D eigenvalue weighted by molar-refractivity contribution is 0.0502. The summed E-state index contributed by atoms with van der Waals surface area (Å²) >= 11 is 0. The molecular weight excluding hydrogens is 288 g/mol. The van der Waals surface area contributed by atoms with Gasteiger partial charge in [0.1, 0.15) is 5.60 Å². The topological polar surface area (TPSA) is 50.4 Å². The number of rotatable bonds is 7. The molecule has 4 nitrogen and oxygen atoms in total. The third-order valence-corrected chi connectivity index (χ3v) is 3.72. The average Bonchev–Trinajstić information content (AvgIpc) is 2.45. The molecule has 0 saturated carbocycles. The van der Waals surface area contributed by atoms with Gasteiger partial charge in [-0.15, -0.1) is 0 Å². The minimum absolute atomic E-state index is 0.112. The number of amides is 1. The van der Waals surface area contributed by atoms with Gasteiger partial charge in [-0.1, -0.05) is 51.1 Å². The van der Waals surface area contributed by atoms with Crippen molar-refractivity contribution in [1.82, 2.24) is 10.6 Å². The summed E-state index contributed by atoms with van der Waals surface area (Å²) in [4.78, 5) is 12.1. The molecule has 130 valence electrons. The lowest BCUT2D eigenvalue weighted by Gasteiger charge is -2.27. The zero-order valence-corrected chi connectivity index (χ0v) is 15.3. The summed E-state index contributed by atoms with van der Waals surface area (Å²) < 4.78 is 5.39. The van der Waals surface area contributed by atoms with Gasteiger partial charge < -0.3 is 15.4 Å². The highest BCUT2D eigenvalue weighted by Crippen LogP contribution is 2.15. The molecular formula is C19H32N2O2. The van der Waals surface area contributed by atoms with E-state index in [-0.39, 0.29) is 12.1 Å². The number of hydrogen-bond acceptors (Lipinski definition) is 3. The SMILES string of the molecule is CCC(NCC(NC(=O)OC(C)(C)C)c1ccccc1)C(C)C. The second kappa shape index (κ2) is 8.92. The first kappa shape index (κ1) is 19.5. The lowest BCUT2D eigenvalue weighted by Crippen LogP contribution is -2.42. The molecule has 0 aliphatic heterocycles. The van der Waals surface area contributed by atoms with Crippen molar-refractivity contribution in [3.05, 3.63) is 35.9 Å². The van der Waals surface area contributed by atoms with Crippen LogP contribution in [0.3, 0.4) is 0 Å². The maximum absolute atomic E-state index is 12.1. The highest BCUT2D eigenvalue weighted by atomic mass is 16.6. The fraction of sp³-hybridized carbons (Fsp3) is 0.632. The molecule has 2 atom stereocenters. The molecule has 23 heavy (non-hydrogen) atoms. The van der Waals surface area contributed by atoms with E-state index in [1.54, 1.807) is 0 Å². The standard InChI is InChI=1S/C19H32N2O2/c1-7-16(14(2)3)20-13-17(15-11-9-8-10-12-15)21-18(22)23-19(4,5)6/h8-12,14,16-17,20H,7,13H2,1-6H3,(H,21,22). The van der Waals surface area contributed by atoms with E-state index in [9.17, 15) is 4.79 Å². The first-order valence-electron chi connectivity index (χ1n) is 8.50. The van der Waals surface area contributed by atoms with E-state index in [0.717, 1.165) is 12.0 Å². The van der Waals surface area contributed by atoms with Gasteiger partial charge >= 0.3 is 6.09 Å². The Labute approximate surface area is 141 Å². The van der Waals surface area contributed by atoms with Crippen LogP contribution in [0.1, 0.15) is 59.6 Å². The number of carbonyl (C=O) groups is 1. The van der Waals surface area contributed by atoms with E-state index in [2.05, 4.69) is 31.4 Å². The van der Waals surface area contributed by atoms with Crippen LogP contribution in [0.15, 0.2) is 30.3 Å². The number of alkyl carbamates (subject to hydrolysis) is 1. The predicted molar refractivity (Wildman–Crippen MR) is 95.5 cm³/mol. The first-order chi connectivity index (χ1) is 10.7. The Morgan fingerprint density at radius 3 is 2.26 bits per heavy atom. The molecule has 4 heteroatoms. The highest BCUT2D eigenvalue weighted by molar-refractivity contribution is 5.68. The normalized spacial score (nSPS) is 14.4. The lowest BCUT2D eigenvalue weighted by atomic mass is 10.0. The Kier molecular flexibility index (Phi) is 7.56. The van der Waals surface area contributed by atoms with Crippen molar-refractivity contribution in [2.75, 3.05) is 6.54 Å². The molecule has 0 aliphatic carbocycles. The maximum atomic E-state index is 12.1. The predicted octanol–water partition coefficient (Wildman–Crippen LogP) is 4.28. The molecule has 0 heterocycles. The third-order valence-electron chi connectivity index (χ3n) is 3.72. The van der Waals surface area contributed by atoms with E-state index >= 15 is 0 Å². The van der Waals surface area contributed by atoms with Crippen molar-refractivity contribution in [1.29, 1.82) is 0 Å².